The van der Waals surface area contributed by atoms with Crippen molar-refractivity contribution in [1.29, 1.82) is 0 Å². The molecule has 2 atom stereocenters. The van der Waals surface area contributed by atoms with E-state index in [-0.39, 0.29) is 6.04 Å². The molecule has 102 valence electrons. The first-order chi connectivity index (χ1) is 9.16. The van der Waals surface area contributed by atoms with Crippen molar-refractivity contribution in [2.75, 3.05) is 0 Å². The van der Waals surface area contributed by atoms with Crippen LogP contribution in [0.1, 0.15) is 43.8 Å². The second-order valence-corrected chi connectivity index (χ2v) is 6.01. The van der Waals surface area contributed by atoms with E-state index in [2.05, 4.69) is 11.6 Å². The summed E-state index contributed by atoms with van der Waals surface area (Å²) < 4.78 is 2.16. The van der Waals surface area contributed by atoms with E-state index in [9.17, 15) is 0 Å². The van der Waals surface area contributed by atoms with Gasteiger partial charge >= 0.3 is 0 Å². The molecule has 0 radical (unpaired) electrons. The Hall–Kier alpha value is -1.06. The third-order valence-corrected chi connectivity index (χ3v) is 4.51. The lowest BCUT2D eigenvalue weighted by atomic mass is 9.94. The van der Waals surface area contributed by atoms with Crippen LogP contribution in [0, 0.1) is 0 Å². The summed E-state index contributed by atoms with van der Waals surface area (Å²) in [5, 5.41) is 0.757. The zero-order valence-corrected chi connectivity index (χ0v) is 12.0. The Morgan fingerprint density at radius 2 is 2.05 bits per heavy atom. The molecule has 0 amide bonds. The lowest BCUT2D eigenvalue weighted by Gasteiger charge is -2.20. The van der Waals surface area contributed by atoms with Gasteiger partial charge in [-0.1, -0.05) is 30.9 Å². The molecule has 1 aliphatic rings. The highest BCUT2D eigenvalue weighted by Crippen LogP contribution is 2.32. The van der Waals surface area contributed by atoms with Gasteiger partial charge in [0.25, 0.3) is 0 Å². The van der Waals surface area contributed by atoms with Crippen LogP contribution in [0.25, 0.3) is 11.0 Å². The predicted octanol–water partition coefficient (Wildman–Crippen LogP) is 3.60. The second kappa shape index (κ2) is 5.14. The van der Waals surface area contributed by atoms with Gasteiger partial charge in [-0.15, -0.1) is 0 Å². The molecule has 2 aromatic rings. The predicted molar refractivity (Wildman–Crippen MR) is 79.5 cm³/mol. The first kappa shape index (κ1) is 12.9. The van der Waals surface area contributed by atoms with E-state index in [1.807, 2.05) is 18.2 Å². The summed E-state index contributed by atoms with van der Waals surface area (Å²) in [5.41, 5.74) is 8.46. The number of nitrogens with zero attached hydrogens (tertiary/aromatic N) is 2. The van der Waals surface area contributed by atoms with Crippen LogP contribution < -0.4 is 5.73 Å². The molecular weight excluding hydrogens is 258 g/mol. The van der Waals surface area contributed by atoms with Gasteiger partial charge < -0.3 is 10.3 Å². The number of imidazole rings is 1. The van der Waals surface area contributed by atoms with Gasteiger partial charge in [0.15, 0.2) is 0 Å². The van der Waals surface area contributed by atoms with Crippen molar-refractivity contribution in [3.05, 3.63) is 29.0 Å². The molecular formula is C15H20ClN3. The van der Waals surface area contributed by atoms with Gasteiger partial charge in [0.05, 0.1) is 11.0 Å². The minimum Gasteiger partial charge on any atom is -0.331 e. The zero-order valence-electron chi connectivity index (χ0n) is 11.3. The first-order valence-corrected chi connectivity index (χ1v) is 7.42. The molecule has 3 nitrogen and oxygen atoms in total. The molecule has 2 N–H and O–H groups in total. The van der Waals surface area contributed by atoms with Crippen LogP contribution in [0.5, 0.6) is 0 Å². The van der Waals surface area contributed by atoms with Crippen LogP contribution in [0.15, 0.2) is 18.2 Å². The van der Waals surface area contributed by atoms with Gasteiger partial charge in [-0.2, -0.15) is 0 Å². The Morgan fingerprint density at radius 3 is 2.89 bits per heavy atom. The molecule has 1 aromatic carbocycles. The van der Waals surface area contributed by atoms with E-state index >= 15 is 0 Å². The van der Waals surface area contributed by atoms with Crippen LogP contribution in [0.2, 0.25) is 5.02 Å². The summed E-state index contributed by atoms with van der Waals surface area (Å²) in [5.74, 6) is 1.49. The fourth-order valence-electron chi connectivity index (χ4n) is 3.17. The number of aromatic nitrogens is 2. The largest absolute Gasteiger partial charge is 0.331 e. The monoisotopic (exact) mass is 277 g/mol. The lowest BCUT2D eigenvalue weighted by Crippen LogP contribution is -2.29. The lowest BCUT2D eigenvalue weighted by molar-refractivity contribution is 0.474. The molecule has 1 heterocycles. The molecule has 1 aromatic heterocycles. The van der Waals surface area contributed by atoms with Crippen molar-refractivity contribution in [2.24, 2.45) is 12.8 Å². The third-order valence-electron chi connectivity index (χ3n) is 4.28. The molecule has 0 spiro atoms. The van der Waals surface area contributed by atoms with Gasteiger partial charge in [-0.05, 0) is 31.0 Å². The van der Waals surface area contributed by atoms with Crippen LogP contribution in [-0.4, -0.2) is 15.6 Å². The summed E-state index contributed by atoms with van der Waals surface area (Å²) in [6, 6.07) is 6.10. The number of fused-ring (bicyclic) bond motifs is 1. The summed E-state index contributed by atoms with van der Waals surface area (Å²) in [7, 11) is 2.07. The van der Waals surface area contributed by atoms with Gasteiger partial charge in [0.2, 0.25) is 0 Å². The van der Waals surface area contributed by atoms with Crippen molar-refractivity contribution in [3.8, 4) is 0 Å². The summed E-state index contributed by atoms with van der Waals surface area (Å²) >= 11 is 6.07. The number of hydrogen-bond donors (Lipinski definition) is 1. The number of aryl methyl sites for hydroxylation is 1. The summed E-state index contributed by atoms with van der Waals surface area (Å²) in [6.45, 7) is 0. The molecule has 0 bridgehead atoms. The standard InChI is InChI=1S/C15H20ClN3/c1-19-14-9-10(16)7-8-13(14)18-15(19)11-5-3-2-4-6-12(11)17/h7-9,11-12H,2-6,17H2,1H3. The number of rotatable bonds is 1. The van der Waals surface area contributed by atoms with Gasteiger partial charge in [0.1, 0.15) is 5.82 Å². The Labute approximate surface area is 118 Å². The summed E-state index contributed by atoms with van der Waals surface area (Å²) in [6.07, 6.45) is 6.04. The van der Waals surface area contributed by atoms with Crippen LogP contribution >= 0.6 is 11.6 Å². The van der Waals surface area contributed by atoms with E-state index in [0.717, 1.165) is 34.7 Å². The topological polar surface area (TPSA) is 43.8 Å². The van der Waals surface area contributed by atoms with Gasteiger partial charge in [-0.25, -0.2) is 4.98 Å². The Kier molecular flexibility index (Phi) is 3.50. The highest BCUT2D eigenvalue weighted by atomic mass is 35.5. The minimum absolute atomic E-state index is 0.230. The number of halogens is 1. The molecule has 3 rings (SSSR count). The van der Waals surface area contributed by atoms with E-state index in [4.69, 9.17) is 22.3 Å². The maximum absolute atomic E-state index is 6.35. The van der Waals surface area contributed by atoms with Crippen molar-refractivity contribution in [1.82, 2.24) is 9.55 Å². The molecule has 1 saturated carbocycles. The van der Waals surface area contributed by atoms with Crippen molar-refractivity contribution < 1.29 is 0 Å². The fourth-order valence-corrected chi connectivity index (χ4v) is 3.34. The highest BCUT2D eigenvalue weighted by Gasteiger charge is 2.26. The van der Waals surface area contributed by atoms with E-state index in [1.165, 1.54) is 19.3 Å². The van der Waals surface area contributed by atoms with Crippen LogP contribution in [-0.2, 0) is 7.05 Å². The molecule has 0 saturated heterocycles. The molecule has 1 fully saturated rings. The van der Waals surface area contributed by atoms with Crippen LogP contribution in [0.4, 0.5) is 0 Å². The maximum atomic E-state index is 6.35. The van der Waals surface area contributed by atoms with Gasteiger partial charge in [-0.3, -0.25) is 0 Å². The number of hydrogen-bond acceptors (Lipinski definition) is 2. The first-order valence-electron chi connectivity index (χ1n) is 7.04. The fraction of sp³-hybridized carbons (Fsp3) is 0.533. The molecule has 19 heavy (non-hydrogen) atoms. The second-order valence-electron chi connectivity index (χ2n) is 5.57. The smallest absolute Gasteiger partial charge is 0.114 e. The molecule has 1 aliphatic carbocycles. The Morgan fingerprint density at radius 1 is 1.26 bits per heavy atom. The van der Waals surface area contributed by atoms with Crippen LogP contribution in [0.3, 0.4) is 0 Å². The van der Waals surface area contributed by atoms with Crippen molar-refractivity contribution in [2.45, 2.75) is 44.1 Å². The van der Waals surface area contributed by atoms with Crippen molar-refractivity contribution >= 4 is 22.6 Å². The van der Waals surface area contributed by atoms with E-state index in [0.29, 0.717) is 5.92 Å². The van der Waals surface area contributed by atoms with Crippen molar-refractivity contribution in [3.63, 3.8) is 0 Å². The SMILES string of the molecule is Cn1c(C2CCCCCC2N)nc2ccc(Cl)cc21. The number of benzene rings is 1. The Balaban J connectivity index is 2.06. The average molecular weight is 278 g/mol. The molecule has 4 heteroatoms. The third kappa shape index (κ3) is 2.37. The zero-order chi connectivity index (χ0) is 13.4. The normalized spacial score (nSPS) is 24.6. The van der Waals surface area contributed by atoms with E-state index in [1.54, 1.807) is 0 Å². The maximum Gasteiger partial charge on any atom is 0.114 e. The van der Waals surface area contributed by atoms with Gasteiger partial charge in [0, 0.05) is 24.0 Å². The van der Waals surface area contributed by atoms with E-state index < -0.39 is 0 Å². The highest BCUT2D eigenvalue weighted by molar-refractivity contribution is 6.31. The quantitative estimate of drug-likeness (QED) is 0.810. The average Bonchev–Trinajstić information content (AvgIpc) is 2.58. The molecule has 0 aliphatic heterocycles. The number of nitrogens with two attached hydrogens (primary N) is 1. The molecule has 2 unspecified atom stereocenters. The minimum atomic E-state index is 0.230. The Bertz CT molecular complexity index is 590. The summed E-state index contributed by atoms with van der Waals surface area (Å²) in [4.78, 5) is 4.79.